The van der Waals surface area contributed by atoms with E-state index in [0.717, 1.165) is 23.4 Å². The number of benzene rings is 1. The Morgan fingerprint density at radius 3 is 2.71 bits per heavy atom. The van der Waals surface area contributed by atoms with Gasteiger partial charge in [-0.1, -0.05) is 18.1 Å². The Balaban J connectivity index is 1.50. The zero-order valence-electron chi connectivity index (χ0n) is 15.2. The van der Waals surface area contributed by atoms with Gasteiger partial charge in [0.25, 0.3) is 5.91 Å². The van der Waals surface area contributed by atoms with Gasteiger partial charge in [0.1, 0.15) is 11.5 Å². The highest BCUT2D eigenvalue weighted by molar-refractivity contribution is 7.09. The number of halogens is 1. The molecule has 2 aromatic rings. The van der Waals surface area contributed by atoms with Crippen LogP contribution in [0.15, 0.2) is 29.6 Å². The Morgan fingerprint density at radius 1 is 1.32 bits per heavy atom. The van der Waals surface area contributed by atoms with Crippen LogP contribution in [0.3, 0.4) is 0 Å². The number of likely N-dealkylation sites (tertiary alicyclic amines) is 1. The molecule has 1 aromatic heterocycles. The number of thiazole rings is 1. The molecule has 28 heavy (non-hydrogen) atoms. The number of rotatable bonds is 5. The highest BCUT2D eigenvalue weighted by Gasteiger charge is 2.27. The van der Waals surface area contributed by atoms with Gasteiger partial charge in [-0.15, -0.1) is 17.8 Å². The molecule has 0 saturated carbocycles. The van der Waals surface area contributed by atoms with E-state index in [2.05, 4.69) is 16.2 Å². The van der Waals surface area contributed by atoms with Crippen LogP contribution in [-0.2, 0) is 11.3 Å². The average Bonchev–Trinajstić information content (AvgIpc) is 3.22. The predicted octanol–water partition coefficient (Wildman–Crippen LogP) is 3.16. The fourth-order valence-electron chi connectivity index (χ4n) is 2.96. The summed E-state index contributed by atoms with van der Waals surface area (Å²) in [5.74, 6) is 1.91. The Labute approximate surface area is 166 Å². The monoisotopic (exact) mass is 401 g/mol. The van der Waals surface area contributed by atoms with Gasteiger partial charge in [-0.05, 0) is 30.5 Å². The third-order valence-corrected chi connectivity index (χ3v) is 5.51. The molecule has 3 rings (SSSR count). The van der Waals surface area contributed by atoms with Crippen molar-refractivity contribution in [2.75, 3.05) is 19.7 Å². The second kappa shape index (κ2) is 9.33. The number of carbonyl (C=O) groups excluding carboxylic acids is 2. The summed E-state index contributed by atoms with van der Waals surface area (Å²) in [4.78, 5) is 30.2. The molecule has 6 nitrogen and oxygen atoms in total. The van der Waals surface area contributed by atoms with E-state index in [1.54, 1.807) is 22.4 Å². The number of aromatic nitrogens is 1. The van der Waals surface area contributed by atoms with Gasteiger partial charge in [0, 0.05) is 30.9 Å². The van der Waals surface area contributed by atoms with Crippen molar-refractivity contribution in [1.82, 2.24) is 15.2 Å². The van der Waals surface area contributed by atoms with Gasteiger partial charge in [-0.2, -0.15) is 0 Å². The van der Waals surface area contributed by atoms with Crippen molar-refractivity contribution >= 4 is 23.3 Å². The summed E-state index contributed by atoms with van der Waals surface area (Å²) in [7, 11) is 0. The summed E-state index contributed by atoms with van der Waals surface area (Å²) < 4.78 is 17.9. The first-order valence-corrected chi connectivity index (χ1v) is 9.78. The Kier molecular flexibility index (Phi) is 6.61. The smallest absolute Gasteiger partial charge is 0.410 e. The summed E-state index contributed by atoms with van der Waals surface area (Å²) in [6.45, 7) is 1.42. The first-order valence-electron chi connectivity index (χ1n) is 8.90. The summed E-state index contributed by atoms with van der Waals surface area (Å²) in [6, 6.07) is 5.98. The molecule has 0 bridgehead atoms. The minimum Gasteiger partial charge on any atom is -0.436 e. The van der Waals surface area contributed by atoms with Crippen molar-refractivity contribution in [2.45, 2.75) is 25.3 Å². The number of amides is 2. The molecule has 0 radical (unpaired) electrons. The molecule has 1 aliphatic heterocycles. The number of nitrogens with zero attached hydrogens (tertiary/aromatic N) is 2. The lowest BCUT2D eigenvalue weighted by molar-refractivity contribution is 0.0946. The van der Waals surface area contributed by atoms with Gasteiger partial charge in [-0.3, -0.25) is 4.79 Å². The summed E-state index contributed by atoms with van der Waals surface area (Å²) in [6.07, 6.45) is 6.22. The molecule has 1 aromatic carbocycles. The van der Waals surface area contributed by atoms with Crippen LogP contribution >= 0.6 is 11.3 Å². The second-order valence-electron chi connectivity index (χ2n) is 6.40. The Morgan fingerprint density at radius 2 is 2.04 bits per heavy atom. The van der Waals surface area contributed by atoms with Gasteiger partial charge in [-0.25, -0.2) is 14.2 Å². The molecule has 1 N–H and O–H groups in total. The fraction of sp³-hybridized carbons (Fsp3) is 0.350. The molecule has 0 atom stereocenters. The van der Waals surface area contributed by atoms with Crippen LogP contribution < -0.4 is 5.32 Å². The van der Waals surface area contributed by atoms with E-state index in [9.17, 15) is 14.0 Å². The zero-order chi connectivity index (χ0) is 19.9. The van der Waals surface area contributed by atoms with Gasteiger partial charge in [0.05, 0.1) is 5.01 Å². The van der Waals surface area contributed by atoms with Gasteiger partial charge in [0.2, 0.25) is 0 Å². The van der Waals surface area contributed by atoms with Crippen LogP contribution in [0.5, 0.6) is 0 Å². The average molecular weight is 401 g/mol. The second-order valence-corrected chi connectivity index (χ2v) is 7.29. The lowest BCUT2D eigenvalue weighted by Crippen LogP contribution is -2.38. The molecule has 1 aliphatic rings. The number of hydrogen-bond donors (Lipinski definition) is 1. The lowest BCUT2D eigenvalue weighted by Gasteiger charge is -2.30. The maximum absolute atomic E-state index is 12.9. The first-order chi connectivity index (χ1) is 13.6. The van der Waals surface area contributed by atoms with E-state index in [-0.39, 0.29) is 24.2 Å². The molecular weight excluding hydrogens is 381 g/mol. The summed E-state index contributed by atoms with van der Waals surface area (Å²) in [5.41, 5.74) is 1.19. The number of piperidine rings is 1. The van der Waals surface area contributed by atoms with Gasteiger partial charge in [0.15, 0.2) is 6.61 Å². The fourth-order valence-corrected chi connectivity index (χ4v) is 3.93. The van der Waals surface area contributed by atoms with E-state index in [4.69, 9.17) is 11.2 Å². The number of hydrogen-bond acceptors (Lipinski definition) is 5. The molecule has 1 saturated heterocycles. The Hall–Kier alpha value is -2.92. The summed E-state index contributed by atoms with van der Waals surface area (Å²) in [5, 5.41) is 5.42. The highest BCUT2D eigenvalue weighted by atomic mass is 32.1. The lowest BCUT2D eigenvalue weighted by atomic mass is 9.98. The third-order valence-electron chi connectivity index (χ3n) is 4.50. The quantitative estimate of drug-likeness (QED) is 0.782. The van der Waals surface area contributed by atoms with Gasteiger partial charge < -0.3 is 15.0 Å². The van der Waals surface area contributed by atoms with Crippen molar-refractivity contribution in [1.29, 1.82) is 0 Å². The van der Waals surface area contributed by atoms with Crippen molar-refractivity contribution < 1.29 is 18.7 Å². The molecule has 146 valence electrons. The minimum absolute atomic E-state index is 0.0262. The molecule has 2 amide bonds. The van der Waals surface area contributed by atoms with Gasteiger partial charge >= 0.3 is 6.09 Å². The number of terminal acetylenes is 1. The van der Waals surface area contributed by atoms with Crippen LogP contribution in [0.4, 0.5) is 9.18 Å². The number of carbonyl (C=O) groups is 2. The van der Waals surface area contributed by atoms with E-state index in [0.29, 0.717) is 25.3 Å². The van der Waals surface area contributed by atoms with Crippen molar-refractivity contribution in [2.24, 2.45) is 0 Å². The molecule has 0 aliphatic carbocycles. The SMILES string of the molecule is C#CCOC(=O)N1CCC(c2nc(C(=O)NCc3ccc(F)cc3)cs2)CC1. The van der Waals surface area contributed by atoms with Crippen molar-refractivity contribution in [3.63, 3.8) is 0 Å². The van der Waals surface area contributed by atoms with Crippen LogP contribution in [-0.4, -0.2) is 41.6 Å². The van der Waals surface area contributed by atoms with Crippen molar-refractivity contribution in [3.05, 3.63) is 51.7 Å². The standard InChI is InChI=1S/C20H20FN3O3S/c1-2-11-27-20(26)24-9-7-15(8-10-24)19-23-17(13-28-19)18(25)22-12-14-3-5-16(21)6-4-14/h1,3-6,13,15H,7-12H2,(H,22,25). The Bertz CT molecular complexity index is 868. The molecule has 8 heteroatoms. The van der Waals surface area contributed by atoms with Crippen molar-refractivity contribution in [3.8, 4) is 12.3 Å². The predicted molar refractivity (Wildman–Crippen MR) is 103 cm³/mol. The number of ether oxygens (including phenoxy) is 1. The maximum atomic E-state index is 12.9. The van der Waals surface area contributed by atoms with E-state index < -0.39 is 6.09 Å². The maximum Gasteiger partial charge on any atom is 0.410 e. The van der Waals surface area contributed by atoms with E-state index >= 15 is 0 Å². The highest BCUT2D eigenvalue weighted by Crippen LogP contribution is 2.30. The third kappa shape index (κ3) is 5.08. The van der Waals surface area contributed by atoms with Crippen LogP contribution in [0.1, 0.15) is 39.8 Å². The number of nitrogens with one attached hydrogen (secondary N) is 1. The minimum atomic E-state index is -0.392. The molecule has 2 heterocycles. The van der Waals surface area contributed by atoms with Crippen LogP contribution in [0.2, 0.25) is 0 Å². The van der Waals surface area contributed by atoms with Crippen LogP contribution in [0.25, 0.3) is 0 Å². The van der Waals surface area contributed by atoms with Crippen LogP contribution in [0, 0.1) is 18.2 Å². The molecular formula is C20H20FN3O3S. The van der Waals surface area contributed by atoms with E-state index in [1.807, 2.05) is 0 Å². The molecule has 0 unspecified atom stereocenters. The topological polar surface area (TPSA) is 71.5 Å². The molecule has 0 spiro atoms. The molecule has 1 fully saturated rings. The zero-order valence-corrected chi connectivity index (χ0v) is 16.0. The largest absolute Gasteiger partial charge is 0.436 e. The first kappa shape index (κ1) is 19.8. The normalized spacial score (nSPS) is 14.4. The summed E-state index contributed by atoms with van der Waals surface area (Å²) >= 11 is 1.45. The van der Waals surface area contributed by atoms with E-state index in [1.165, 1.54) is 23.5 Å².